The van der Waals surface area contributed by atoms with E-state index in [9.17, 15) is 0 Å². The van der Waals surface area contributed by atoms with Crippen LogP contribution in [0.4, 0.5) is 5.69 Å². The number of rotatable bonds is 4. The number of H-pyrrole nitrogens is 1. The van der Waals surface area contributed by atoms with Crippen LogP contribution >= 0.6 is 11.9 Å². The van der Waals surface area contributed by atoms with E-state index in [4.69, 9.17) is 0 Å². The number of benzene rings is 2. The first-order valence-corrected chi connectivity index (χ1v) is 10.5. The van der Waals surface area contributed by atoms with Crippen molar-refractivity contribution in [3.8, 4) is 11.3 Å². The molecular formula is C22H25N3S. The zero-order valence-corrected chi connectivity index (χ0v) is 15.9. The van der Waals surface area contributed by atoms with E-state index < -0.39 is 0 Å². The molecule has 0 amide bonds. The second kappa shape index (κ2) is 7.01. The molecule has 0 spiro atoms. The molecule has 2 fully saturated rings. The molecule has 3 nitrogen and oxygen atoms in total. The van der Waals surface area contributed by atoms with Crippen LogP contribution in [0.3, 0.4) is 0 Å². The largest absolute Gasteiger partial charge is 0.371 e. The summed E-state index contributed by atoms with van der Waals surface area (Å²) < 4.78 is 2.50. The fraction of sp³-hybridized carbons (Fsp3) is 0.364. The van der Waals surface area contributed by atoms with Crippen LogP contribution in [0.5, 0.6) is 0 Å². The third-order valence-electron chi connectivity index (χ3n) is 5.53. The second-order valence-corrected chi connectivity index (χ2v) is 8.54. The third-order valence-corrected chi connectivity index (χ3v) is 6.62. The predicted molar refractivity (Wildman–Crippen MR) is 112 cm³/mol. The van der Waals surface area contributed by atoms with Crippen molar-refractivity contribution in [2.24, 2.45) is 0 Å². The summed E-state index contributed by atoms with van der Waals surface area (Å²) in [4.78, 5) is 7.54. The fourth-order valence-corrected chi connectivity index (χ4v) is 5.21. The first-order valence-electron chi connectivity index (χ1n) is 9.77. The number of aromatic amines is 1. The molecule has 1 aromatic heterocycles. The number of hydrogen-bond acceptors (Lipinski definition) is 3. The van der Waals surface area contributed by atoms with Gasteiger partial charge in [-0.15, -0.1) is 0 Å². The van der Waals surface area contributed by atoms with Gasteiger partial charge in [-0.1, -0.05) is 18.2 Å². The molecule has 134 valence electrons. The summed E-state index contributed by atoms with van der Waals surface area (Å²) in [7, 11) is 0. The molecule has 0 bridgehead atoms. The van der Waals surface area contributed by atoms with Gasteiger partial charge in [0, 0.05) is 58.9 Å². The van der Waals surface area contributed by atoms with Crippen LogP contribution < -0.4 is 4.90 Å². The molecule has 0 unspecified atom stereocenters. The summed E-state index contributed by atoms with van der Waals surface area (Å²) in [6, 6.07) is 17.9. The zero-order chi connectivity index (χ0) is 17.3. The Balaban J connectivity index is 1.56. The highest BCUT2D eigenvalue weighted by Gasteiger charge is 2.19. The minimum Gasteiger partial charge on any atom is -0.371 e. The maximum atomic E-state index is 3.65. The van der Waals surface area contributed by atoms with E-state index in [1.807, 2.05) is 11.9 Å². The molecular weight excluding hydrogens is 338 g/mol. The van der Waals surface area contributed by atoms with Crippen LogP contribution in [0.15, 0.2) is 53.4 Å². The lowest BCUT2D eigenvalue weighted by atomic mass is 10.1. The highest BCUT2D eigenvalue weighted by molar-refractivity contribution is 7.97. The van der Waals surface area contributed by atoms with Crippen molar-refractivity contribution >= 4 is 28.5 Å². The number of fused-ring (bicyclic) bond motifs is 1. The topological polar surface area (TPSA) is 22.3 Å². The Morgan fingerprint density at radius 2 is 1.58 bits per heavy atom. The Kier molecular flexibility index (Phi) is 4.39. The first kappa shape index (κ1) is 16.3. The Morgan fingerprint density at radius 1 is 0.808 bits per heavy atom. The lowest BCUT2D eigenvalue weighted by Gasteiger charge is -2.22. The first-order chi connectivity index (χ1) is 12.9. The molecule has 2 saturated heterocycles. The van der Waals surface area contributed by atoms with E-state index in [0.29, 0.717) is 0 Å². The van der Waals surface area contributed by atoms with E-state index in [2.05, 4.69) is 62.7 Å². The Morgan fingerprint density at radius 3 is 2.38 bits per heavy atom. The van der Waals surface area contributed by atoms with E-state index in [-0.39, 0.29) is 0 Å². The smallest absolute Gasteiger partial charge is 0.0486 e. The SMILES string of the molecule is c1ccc2[nH]c(-c3cc(SN4CCCC4)ccc3N3CCCC3)cc2c1. The van der Waals surface area contributed by atoms with Crippen LogP contribution in [0.25, 0.3) is 22.2 Å². The molecule has 3 aromatic rings. The standard InChI is InChI=1S/C22H25N3S/c1-2-8-20-17(7-1)15-21(23-20)19-16-18(26-25-13-5-6-14-25)9-10-22(19)24-11-3-4-12-24/h1-2,7-10,15-16,23H,3-6,11-14H2. The third kappa shape index (κ3) is 3.12. The number of anilines is 1. The van der Waals surface area contributed by atoms with Crippen molar-refractivity contribution in [3.63, 3.8) is 0 Å². The Bertz CT molecular complexity index is 872. The van der Waals surface area contributed by atoms with Gasteiger partial charge in [0.05, 0.1) is 0 Å². The van der Waals surface area contributed by atoms with Gasteiger partial charge in [0.1, 0.15) is 0 Å². The highest BCUT2D eigenvalue weighted by atomic mass is 32.2. The summed E-state index contributed by atoms with van der Waals surface area (Å²) >= 11 is 1.92. The van der Waals surface area contributed by atoms with Crippen molar-refractivity contribution < 1.29 is 0 Å². The van der Waals surface area contributed by atoms with Crippen molar-refractivity contribution in [2.75, 3.05) is 31.1 Å². The maximum Gasteiger partial charge on any atom is 0.0486 e. The van der Waals surface area contributed by atoms with Gasteiger partial charge in [0.25, 0.3) is 0 Å². The fourth-order valence-electron chi connectivity index (χ4n) is 4.17. The van der Waals surface area contributed by atoms with Gasteiger partial charge < -0.3 is 9.88 Å². The van der Waals surface area contributed by atoms with Crippen molar-refractivity contribution in [1.29, 1.82) is 0 Å². The molecule has 3 heterocycles. The van der Waals surface area contributed by atoms with Gasteiger partial charge in [0.15, 0.2) is 0 Å². The van der Waals surface area contributed by atoms with Crippen LogP contribution in [0.1, 0.15) is 25.7 Å². The number of nitrogens with one attached hydrogen (secondary N) is 1. The van der Waals surface area contributed by atoms with Gasteiger partial charge >= 0.3 is 0 Å². The Hall–Kier alpha value is -1.91. The second-order valence-electron chi connectivity index (χ2n) is 7.37. The number of nitrogens with zero attached hydrogens (tertiary/aromatic N) is 2. The molecule has 5 rings (SSSR count). The maximum absolute atomic E-state index is 3.65. The monoisotopic (exact) mass is 363 g/mol. The van der Waals surface area contributed by atoms with Crippen molar-refractivity contribution in [2.45, 2.75) is 30.6 Å². The van der Waals surface area contributed by atoms with Gasteiger partial charge in [-0.05, 0) is 68.0 Å². The van der Waals surface area contributed by atoms with Crippen LogP contribution in [0.2, 0.25) is 0 Å². The van der Waals surface area contributed by atoms with E-state index in [1.54, 1.807) is 0 Å². The van der Waals surface area contributed by atoms with Gasteiger partial charge in [-0.25, -0.2) is 4.31 Å². The predicted octanol–water partition coefficient (Wildman–Crippen LogP) is 5.54. The molecule has 26 heavy (non-hydrogen) atoms. The van der Waals surface area contributed by atoms with E-state index in [1.165, 1.54) is 84.6 Å². The van der Waals surface area contributed by atoms with Crippen LogP contribution in [0, 0.1) is 0 Å². The number of para-hydroxylation sites is 1. The molecule has 2 aromatic carbocycles. The van der Waals surface area contributed by atoms with Crippen LogP contribution in [-0.4, -0.2) is 35.5 Å². The average molecular weight is 364 g/mol. The number of hydrogen-bond donors (Lipinski definition) is 1. The zero-order valence-electron chi connectivity index (χ0n) is 15.1. The summed E-state index contributed by atoms with van der Waals surface area (Å²) in [6.07, 6.45) is 5.26. The van der Waals surface area contributed by atoms with Gasteiger partial charge in [-0.2, -0.15) is 0 Å². The molecule has 0 saturated carbocycles. The quantitative estimate of drug-likeness (QED) is 0.616. The molecule has 0 aliphatic carbocycles. The molecule has 1 N–H and O–H groups in total. The summed E-state index contributed by atoms with van der Waals surface area (Å²) in [5.74, 6) is 0. The van der Waals surface area contributed by atoms with Crippen LogP contribution in [-0.2, 0) is 0 Å². The van der Waals surface area contributed by atoms with Gasteiger partial charge in [-0.3, -0.25) is 0 Å². The minimum absolute atomic E-state index is 1.17. The Labute approximate surface area is 159 Å². The highest BCUT2D eigenvalue weighted by Crippen LogP contribution is 2.38. The summed E-state index contributed by atoms with van der Waals surface area (Å²) in [5, 5.41) is 1.28. The minimum atomic E-state index is 1.17. The molecule has 0 atom stereocenters. The van der Waals surface area contributed by atoms with E-state index >= 15 is 0 Å². The lowest BCUT2D eigenvalue weighted by molar-refractivity contribution is 0.586. The summed E-state index contributed by atoms with van der Waals surface area (Å²) in [6.45, 7) is 4.76. The molecule has 2 aliphatic rings. The van der Waals surface area contributed by atoms with E-state index in [0.717, 1.165) is 0 Å². The molecule has 0 radical (unpaired) electrons. The number of aromatic nitrogens is 1. The van der Waals surface area contributed by atoms with Gasteiger partial charge in [0.2, 0.25) is 0 Å². The average Bonchev–Trinajstić information content (AvgIpc) is 3.42. The van der Waals surface area contributed by atoms with Crippen molar-refractivity contribution in [1.82, 2.24) is 9.29 Å². The lowest BCUT2D eigenvalue weighted by Crippen LogP contribution is -2.18. The normalized spacial score (nSPS) is 18.2. The van der Waals surface area contributed by atoms with Crippen molar-refractivity contribution in [3.05, 3.63) is 48.5 Å². The molecule has 2 aliphatic heterocycles. The summed E-state index contributed by atoms with van der Waals surface area (Å²) in [5.41, 5.74) is 5.16. The molecule has 4 heteroatoms.